The van der Waals surface area contributed by atoms with Crippen LogP contribution in [-0.4, -0.2) is 17.8 Å². The van der Waals surface area contributed by atoms with Gasteiger partial charge in [-0.15, -0.1) is 0 Å². The van der Waals surface area contributed by atoms with Gasteiger partial charge >= 0.3 is 0 Å². The Morgan fingerprint density at radius 1 is 1.17 bits per heavy atom. The number of aliphatic hydroxyl groups is 1. The molecule has 0 amide bonds. The highest BCUT2D eigenvalue weighted by Crippen LogP contribution is 2.24. The van der Waals surface area contributed by atoms with Crippen LogP contribution in [-0.2, 0) is 4.74 Å². The molecule has 0 aliphatic rings. The molecule has 1 aromatic rings. The van der Waals surface area contributed by atoms with Crippen LogP contribution in [0.5, 0.6) is 0 Å². The maximum Gasteiger partial charge on any atom is 0.103 e. The van der Waals surface area contributed by atoms with Crippen LogP contribution in [0.1, 0.15) is 55.0 Å². The molecule has 0 bridgehead atoms. The average molecular weight is 250 g/mol. The van der Waals surface area contributed by atoms with Crippen LogP contribution in [0.25, 0.3) is 0 Å². The molecule has 0 heterocycles. The molecule has 0 radical (unpaired) electrons. The smallest absolute Gasteiger partial charge is 0.103 e. The highest BCUT2D eigenvalue weighted by molar-refractivity contribution is 5.38. The summed E-state index contributed by atoms with van der Waals surface area (Å²) in [5, 5.41) is 10.3. The highest BCUT2D eigenvalue weighted by atomic mass is 16.5. The summed E-state index contributed by atoms with van der Waals surface area (Å²) in [4.78, 5) is 0. The van der Waals surface area contributed by atoms with E-state index in [0.29, 0.717) is 6.61 Å². The van der Waals surface area contributed by atoms with Gasteiger partial charge in [0.15, 0.2) is 0 Å². The van der Waals surface area contributed by atoms with Crippen molar-refractivity contribution in [2.24, 2.45) is 0 Å². The summed E-state index contributed by atoms with van der Waals surface area (Å²) in [7, 11) is 0. The third-order valence-corrected chi connectivity index (χ3v) is 3.31. The third-order valence-electron chi connectivity index (χ3n) is 3.31. The van der Waals surface area contributed by atoms with Gasteiger partial charge in [-0.1, -0.05) is 31.0 Å². The van der Waals surface area contributed by atoms with Crippen LogP contribution in [0.3, 0.4) is 0 Å². The number of aryl methyl sites for hydroxylation is 3. The van der Waals surface area contributed by atoms with Crippen molar-refractivity contribution in [3.63, 3.8) is 0 Å². The lowest BCUT2D eigenvalue weighted by Gasteiger charge is -2.20. The van der Waals surface area contributed by atoms with Crippen molar-refractivity contribution in [2.75, 3.05) is 6.61 Å². The molecule has 102 valence electrons. The molecule has 1 N–H and O–H groups in total. The number of hydrogen-bond acceptors (Lipinski definition) is 2. The Morgan fingerprint density at radius 3 is 2.22 bits per heavy atom. The number of ether oxygens (including phenoxy) is 1. The Hall–Kier alpha value is -0.860. The Kier molecular flexibility index (Phi) is 5.83. The summed E-state index contributed by atoms with van der Waals surface area (Å²) in [5.74, 6) is 0. The largest absolute Gasteiger partial charge is 0.386 e. The van der Waals surface area contributed by atoms with Crippen LogP contribution >= 0.6 is 0 Å². The second-order valence-corrected chi connectivity index (χ2v) is 5.26. The Bertz CT molecular complexity index is 362. The SMILES string of the molecule is CCCC(C)OCC(O)c1c(C)cc(C)cc1C. The average Bonchev–Trinajstić information content (AvgIpc) is 2.25. The van der Waals surface area contributed by atoms with E-state index in [9.17, 15) is 5.11 Å². The van der Waals surface area contributed by atoms with E-state index in [1.165, 1.54) is 5.56 Å². The number of aliphatic hydroxyl groups excluding tert-OH is 1. The zero-order valence-electron chi connectivity index (χ0n) is 12.3. The lowest BCUT2D eigenvalue weighted by Crippen LogP contribution is -2.16. The van der Waals surface area contributed by atoms with Gasteiger partial charge in [0.1, 0.15) is 6.10 Å². The first-order chi connectivity index (χ1) is 8.45. The van der Waals surface area contributed by atoms with Crippen molar-refractivity contribution in [1.82, 2.24) is 0 Å². The van der Waals surface area contributed by atoms with Gasteiger partial charge in [0.2, 0.25) is 0 Å². The third kappa shape index (κ3) is 4.11. The van der Waals surface area contributed by atoms with Crippen molar-refractivity contribution in [3.05, 3.63) is 34.4 Å². The number of benzene rings is 1. The summed E-state index contributed by atoms with van der Waals surface area (Å²) in [6.07, 6.45) is 1.85. The summed E-state index contributed by atoms with van der Waals surface area (Å²) in [5.41, 5.74) is 4.55. The van der Waals surface area contributed by atoms with Crippen molar-refractivity contribution >= 4 is 0 Å². The van der Waals surface area contributed by atoms with Crippen molar-refractivity contribution in [3.8, 4) is 0 Å². The molecule has 0 aliphatic heterocycles. The van der Waals surface area contributed by atoms with Crippen molar-refractivity contribution < 1.29 is 9.84 Å². The predicted octanol–water partition coefficient (Wildman–Crippen LogP) is 3.85. The monoisotopic (exact) mass is 250 g/mol. The molecule has 2 heteroatoms. The van der Waals surface area contributed by atoms with Gasteiger partial charge in [-0.3, -0.25) is 0 Å². The fraction of sp³-hybridized carbons (Fsp3) is 0.625. The molecule has 0 fully saturated rings. The summed E-state index contributed by atoms with van der Waals surface area (Å²) in [6.45, 7) is 10.8. The van der Waals surface area contributed by atoms with E-state index in [-0.39, 0.29) is 6.10 Å². The quantitative estimate of drug-likeness (QED) is 0.831. The highest BCUT2D eigenvalue weighted by Gasteiger charge is 2.15. The summed E-state index contributed by atoms with van der Waals surface area (Å²) in [6, 6.07) is 4.22. The maximum atomic E-state index is 10.3. The lowest BCUT2D eigenvalue weighted by molar-refractivity contribution is -0.00627. The van der Waals surface area contributed by atoms with Gasteiger partial charge in [-0.05, 0) is 50.8 Å². The van der Waals surface area contributed by atoms with E-state index < -0.39 is 6.10 Å². The molecular weight excluding hydrogens is 224 g/mol. The predicted molar refractivity (Wildman–Crippen MR) is 75.9 cm³/mol. The van der Waals surface area contributed by atoms with E-state index in [4.69, 9.17) is 4.74 Å². The van der Waals surface area contributed by atoms with Gasteiger partial charge in [-0.25, -0.2) is 0 Å². The molecule has 0 spiro atoms. The maximum absolute atomic E-state index is 10.3. The summed E-state index contributed by atoms with van der Waals surface area (Å²) < 4.78 is 5.69. The van der Waals surface area contributed by atoms with E-state index in [0.717, 1.165) is 29.5 Å². The number of hydrogen-bond donors (Lipinski definition) is 1. The first-order valence-corrected chi connectivity index (χ1v) is 6.83. The molecule has 18 heavy (non-hydrogen) atoms. The Balaban J connectivity index is 2.70. The van der Waals surface area contributed by atoms with Gasteiger partial charge in [0.05, 0.1) is 12.7 Å². The van der Waals surface area contributed by atoms with Crippen LogP contribution in [0.2, 0.25) is 0 Å². The fourth-order valence-corrected chi connectivity index (χ4v) is 2.55. The van der Waals surface area contributed by atoms with Gasteiger partial charge in [-0.2, -0.15) is 0 Å². The molecular formula is C16H26O2. The van der Waals surface area contributed by atoms with Gasteiger partial charge in [0, 0.05) is 0 Å². The zero-order valence-corrected chi connectivity index (χ0v) is 12.3. The van der Waals surface area contributed by atoms with Crippen molar-refractivity contribution in [2.45, 2.75) is 59.7 Å². The van der Waals surface area contributed by atoms with Gasteiger partial charge < -0.3 is 9.84 Å². The van der Waals surface area contributed by atoms with Crippen LogP contribution < -0.4 is 0 Å². The van der Waals surface area contributed by atoms with Crippen molar-refractivity contribution in [1.29, 1.82) is 0 Å². The first-order valence-electron chi connectivity index (χ1n) is 6.83. The molecule has 0 saturated carbocycles. The van der Waals surface area contributed by atoms with Crippen LogP contribution in [0, 0.1) is 20.8 Å². The van der Waals surface area contributed by atoms with Gasteiger partial charge in [0.25, 0.3) is 0 Å². The number of rotatable bonds is 6. The molecule has 1 aromatic carbocycles. The molecule has 1 rings (SSSR count). The Morgan fingerprint density at radius 2 is 1.72 bits per heavy atom. The normalized spacial score (nSPS) is 14.6. The minimum absolute atomic E-state index is 0.218. The fourth-order valence-electron chi connectivity index (χ4n) is 2.55. The molecule has 0 aliphatic carbocycles. The van der Waals surface area contributed by atoms with E-state index in [2.05, 4.69) is 32.9 Å². The van der Waals surface area contributed by atoms with Crippen LogP contribution in [0.15, 0.2) is 12.1 Å². The minimum Gasteiger partial charge on any atom is -0.386 e. The van der Waals surface area contributed by atoms with E-state index in [1.807, 2.05) is 13.8 Å². The van der Waals surface area contributed by atoms with E-state index in [1.54, 1.807) is 0 Å². The van der Waals surface area contributed by atoms with E-state index >= 15 is 0 Å². The zero-order chi connectivity index (χ0) is 13.7. The molecule has 2 nitrogen and oxygen atoms in total. The lowest BCUT2D eigenvalue weighted by atomic mass is 9.96. The second kappa shape index (κ2) is 6.91. The summed E-state index contributed by atoms with van der Waals surface area (Å²) >= 11 is 0. The second-order valence-electron chi connectivity index (χ2n) is 5.26. The Labute approximate surface area is 111 Å². The molecule has 2 unspecified atom stereocenters. The van der Waals surface area contributed by atoms with Crippen LogP contribution in [0.4, 0.5) is 0 Å². The molecule has 2 atom stereocenters. The standard InChI is InChI=1S/C16H26O2/c1-6-7-14(5)18-10-15(17)16-12(3)8-11(2)9-13(16)4/h8-9,14-15,17H,6-7,10H2,1-5H3. The minimum atomic E-state index is -0.523. The topological polar surface area (TPSA) is 29.5 Å². The first kappa shape index (κ1) is 15.2. The molecule has 0 saturated heterocycles. The molecule has 0 aromatic heterocycles.